The fraction of sp³-hybridized carbons (Fsp3) is 0.259. The average Bonchev–Trinajstić information content (AvgIpc) is 3.21. The number of benzene rings is 2. The van der Waals surface area contributed by atoms with Crippen LogP contribution < -0.4 is 15.6 Å². The summed E-state index contributed by atoms with van der Waals surface area (Å²) in [7, 11) is 0. The average molecular weight is 458 g/mol. The fourth-order valence-electron chi connectivity index (χ4n) is 4.43. The molecule has 0 radical (unpaired) electrons. The highest BCUT2D eigenvalue weighted by Crippen LogP contribution is 2.31. The SMILES string of the molecule is Cc1ccc(N2CC(C(=O)NC(CC(=[NH2+])c3cccnc3)c3ccccc3O)CC2=O)c(C)c1. The number of nitrogens with zero attached hydrogens (tertiary/aromatic N) is 2. The van der Waals surface area contributed by atoms with Crippen LogP contribution in [-0.2, 0) is 9.59 Å². The summed E-state index contributed by atoms with van der Waals surface area (Å²) in [6.45, 7) is 4.28. The van der Waals surface area contributed by atoms with E-state index in [0.717, 1.165) is 22.4 Å². The summed E-state index contributed by atoms with van der Waals surface area (Å²) >= 11 is 0. The Morgan fingerprint density at radius 1 is 1.21 bits per heavy atom. The molecule has 1 aromatic heterocycles. The number of aryl methyl sites for hydroxylation is 2. The number of rotatable bonds is 7. The minimum Gasteiger partial charge on any atom is -0.508 e. The lowest BCUT2D eigenvalue weighted by Crippen LogP contribution is -2.44. The lowest BCUT2D eigenvalue weighted by molar-refractivity contribution is -0.127. The van der Waals surface area contributed by atoms with Gasteiger partial charge in [0.15, 0.2) is 5.71 Å². The quantitative estimate of drug-likeness (QED) is 0.473. The molecule has 1 aliphatic heterocycles. The number of hydrogen-bond acceptors (Lipinski definition) is 4. The summed E-state index contributed by atoms with van der Waals surface area (Å²) in [5, 5.41) is 19.8. The number of aromatic hydroxyl groups is 1. The van der Waals surface area contributed by atoms with E-state index in [4.69, 9.17) is 5.41 Å². The van der Waals surface area contributed by atoms with Crippen LogP contribution in [-0.4, -0.2) is 34.2 Å². The molecule has 2 amide bonds. The Morgan fingerprint density at radius 3 is 2.71 bits per heavy atom. The molecule has 4 rings (SSSR count). The number of amides is 2. The van der Waals surface area contributed by atoms with Crippen molar-refractivity contribution in [2.45, 2.75) is 32.7 Å². The molecule has 2 unspecified atom stereocenters. The third-order valence-electron chi connectivity index (χ3n) is 6.22. The highest BCUT2D eigenvalue weighted by atomic mass is 16.3. The van der Waals surface area contributed by atoms with Gasteiger partial charge in [0.25, 0.3) is 0 Å². The van der Waals surface area contributed by atoms with Crippen LogP contribution in [0.25, 0.3) is 0 Å². The van der Waals surface area contributed by atoms with Crippen LogP contribution >= 0.6 is 0 Å². The molecule has 2 heterocycles. The minimum absolute atomic E-state index is 0.0752. The number of carbonyl (C=O) groups is 2. The third-order valence-corrected chi connectivity index (χ3v) is 6.22. The van der Waals surface area contributed by atoms with E-state index >= 15 is 0 Å². The smallest absolute Gasteiger partial charge is 0.227 e. The second-order valence-electron chi connectivity index (χ2n) is 8.79. The first-order valence-electron chi connectivity index (χ1n) is 11.3. The van der Waals surface area contributed by atoms with Gasteiger partial charge in [-0.15, -0.1) is 0 Å². The highest BCUT2D eigenvalue weighted by Gasteiger charge is 2.37. The lowest BCUT2D eigenvalue weighted by atomic mass is 9.96. The van der Waals surface area contributed by atoms with Crippen LogP contribution in [0.2, 0.25) is 0 Å². The standard InChI is InChI=1S/C27H28N4O3/c1-17-9-10-24(18(2)12-17)31-16-20(13-26(31)33)27(34)30-23(21-7-3-4-8-25(21)32)14-22(28)19-6-5-11-29-15-19/h3-12,15,20,23,28,32H,13-14,16H2,1-2H3,(H,30,34)/p+1. The number of nitrogens with two attached hydrogens (primary N) is 1. The normalized spacial score (nSPS) is 16.4. The van der Waals surface area contributed by atoms with E-state index < -0.39 is 12.0 Å². The first-order chi connectivity index (χ1) is 16.3. The van der Waals surface area contributed by atoms with Crippen LogP contribution in [0.4, 0.5) is 5.69 Å². The van der Waals surface area contributed by atoms with Crippen molar-refractivity contribution in [3.8, 4) is 5.75 Å². The molecule has 0 spiro atoms. The molecule has 1 saturated heterocycles. The number of phenolic OH excluding ortho intramolecular Hbond substituents is 1. The minimum atomic E-state index is -0.556. The van der Waals surface area contributed by atoms with Gasteiger partial charge in [0.1, 0.15) is 5.75 Å². The van der Waals surface area contributed by atoms with Crippen molar-refractivity contribution in [2.24, 2.45) is 5.92 Å². The first kappa shape index (κ1) is 23.2. The molecule has 1 aliphatic rings. The molecule has 174 valence electrons. The van der Waals surface area contributed by atoms with Crippen LogP contribution in [0.1, 0.15) is 41.1 Å². The fourth-order valence-corrected chi connectivity index (χ4v) is 4.43. The molecule has 34 heavy (non-hydrogen) atoms. The van der Waals surface area contributed by atoms with Gasteiger partial charge in [-0.1, -0.05) is 35.9 Å². The van der Waals surface area contributed by atoms with E-state index in [1.807, 2.05) is 38.1 Å². The molecular weight excluding hydrogens is 428 g/mol. The van der Waals surface area contributed by atoms with Gasteiger partial charge >= 0.3 is 0 Å². The number of carbonyl (C=O) groups excluding carboxylic acids is 2. The zero-order chi connectivity index (χ0) is 24.2. The van der Waals surface area contributed by atoms with Gasteiger partial charge in [0.05, 0.1) is 23.9 Å². The predicted octanol–water partition coefficient (Wildman–Crippen LogP) is 2.25. The summed E-state index contributed by atoms with van der Waals surface area (Å²) in [6, 6.07) is 15.9. The zero-order valence-corrected chi connectivity index (χ0v) is 19.4. The number of phenols is 1. The van der Waals surface area contributed by atoms with E-state index in [2.05, 4.69) is 10.3 Å². The molecule has 2 aromatic carbocycles. The van der Waals surface area contributed by atoms with E-state index in [1.54, 1.807) is 47.6 Å². The van der Waals surface area contributed by atoms with Crippen molar-refractivity contribution in [3.05, 3.63) is 89.2 Å². The van der Waals surface area contributed by atoms with E-state index in [-0.39, 0.29) is 30.4 Å². The Hall–Kier alpha value is -4.00. The van der Waals surface area contributed by atoms with Crippen LogP contribution in [0.5, 0.6) is 5.75 Å². The van der Waals surface area contributed by atoms with Crippen LogP contribution in [0, 0.1) is 19.8 Å². The van der Waals surface area contributed by atoms with Gasteiger partial charge < -0.3 is 15.3 Å². The van der Waals surface area contributed by atoms with Gasteiger partial charge in [0, 0.05) is 36.6 Å². The maximum Gasteiger partial charge on any atom is 0.227 e. The Kier molecular flexibility index (Phi) is 6.72. The molecule has 1 fully saturated rings. The van der Waals surface area contributed by atoms with Gasteiger partial charge in [-0.2, -0.15) is 0 Å². The largest absolute Gasteiger partial charge is 0.508 e. The third kappa shape index (κ3) is 4.98. The van der Waals surface area contributed by atoms with Gasteiger partial charge in [-0.05, 0) is 43.7 Å². The monoisotopic (exact) mass is 457 g/mol. The van der Waals surface area contributed by atoms with E-state index in [0.29, 0.717) is 17.8 Å². The Labute approximate surface area is 199 Å². The number of para-hydroxylation sites is 1. The Balaban J connectivity index is 1.53. The van der Waals surface area contributed by atoms with Gasteiger partial charge in [-0.25, -0.2) is 0 Å². The summed E-state index contributed by atoms with van der Waals surface area (Å²) < 4.78 is 0. The molecule has 0 aliphatic carbocycles. The molecule has 3 aromatic rings. The van der Waals surface area contributed by atoms with Crippen molar-refractivity contribution in [1.29, 1.82) is 0 Å². The van der Waals surface area contributed by atoms with Gasteiger partial charge in [-0.3, -0.25) is 20.0 Å². The van der Waals surface area contributed by atoms with Crippen molar-refractivity contribution >= 4 is 23.2 Å². The number of anilines is 1. The van der Waals surface area contributed by atoms with Crippen LogP contribution in [0.3, 0.4) is 0 Å². The second-order valence-corrected chi connectivity index (χ2v) is 8.79. The molecule has 0 bridgehead atoms. The van der Waals surface area contributed by atoms with Gasteiger partial charge in [0.2, 0.25) is 11.8 Å². The number of nitrogens with one attached hydrogen (secondary N) is 1. The number of aromatic nitrogens is 1. The molecule has 2 atom stereocenters. The predicted molar refractivity (Wildman–Crippen MR) is 130 cm³/mol. The van der Waals surface area contributed by atoms with Crippen molar-refractivity contribution in [3.63, 3.8) is 0 Å². The lowest BCUT2D eigenvalue weighted by Gasteiger charge is -2.22. The molecule has 0 saturated carbocycles. The first-order valence-corrected chi connectivity index (χ1v) is 11.3. The molecule has 7 nitrogen and oxygen atoms in total. The van der Waals surface area contributed by atoms with Crippen molar-refractivity contribution in [2.75, 3.05) is 11.4 Å². The maximum atomic E-state index is 13.3. The maximum absolute atomic E-state index is 13.3. The highest BCUT2D eigenvalue weighted by molar-refractivity contribution is 6.01. The topological polar surface area (TPSA) is 108 Å². The van der Waals surface area contributed by atoms with E-state index in [9.17, 15) is 14.7 Å². The summed E-state index contributed by atoms with van der Waals surface area (Å²) in [5.74, 6) is -0.743. The summed E-state index contributed by atoms with van der Waals surface area (Å²) in [6.07, 6.45) is 3.75. The van der Waals surface area contributed by atoms with Crippen molar-refractivity contribution < 1.29 is 20.1 Å². The summed E-state index contributed by atoms with van der Waals surface area (Å²) in [5.41, 5.74) is 4.82. The van der Waals surface area contributed by atoms with Crippen molar-refractivity contribution in [1.82, 2.24) is 10.3 Å². The summed E-state index contributed by atoms with van der Waals surface area (Å²) in [4.78, 5) is 31.8. The molecular formula is C27H29N4O3+. The Morgan fingerprint density at radius 2 is 2.00 bits per heavy atom. The Bertz CT molecular complexity index is 1230. The number of pyridine rings is 1. The molecule has 4 N–H and O–H groups in total. The van der Waals surface area contributed by atoms with E-state index in [1.165, 1.54) is 0 Å². The second kappa shape index (κ2) is 9.87. The zero-order valence-electron chi connectivity index (χ0n) is 19.4. The van der Waals surface area contributed by atoms with Crippen LogP contribution in [0.15, 0.2) is 67.0 Å². The molecule has 7 heteroatoms. The number of hydrogen-bond donors (Lipinski definition) is 3.